The van der Waals surface area contributed by atoms with Crippen LogP contribution in [0.3, 0.4) is 0 Å². The van der Waals surface area contributed by atoms with Crippen LogP contribution < -0.4 is 0 Å². The lowest BCUT2D eigenvalue weighted by molar-refractivity contribution is 0.483. The van der Waals surface area contributed by atoms with Gasteiger partial charge in [0.2, 0.25) is 0 Å². The molecule has 0 atom stereocenters. The van der Waals surface area contributed by atoms with Crippen LogP contribution in [0.15, 0.2) is 47.4 Å². The van der Waals surface area contributed by atoms with E-state index in [2.05, 4.69) is 11.1 Å². The van der Waals surface area contributed by atoms with Crippen molar-refractivity contribution in [1.29, 1.82) is 0 Å². The van der Waals surface area contributed by atoms with Gasteiger partial charge in [0.1, 0.15) is 0 Å². The zero-order chi connectivity index (χ0) is 16.3. The molecule has 0 aliphatic heterocycles. The van der Waals surface area contributed by atoms with Crippen molar-refractivity contribution in [3.05, 3.63) is 58.6 Å². The highest BCUT2D eigenvalue weighted by Gasteiger charge is 2.09. The third-order valence-corrected chi connectivity index (χ3v) is 4.98. The number of aryl methyl sites for hydroxylation is 3. The van der Waals surface area contributed by atoms with Crippen molar-refractivity contribution in [1.82, 2.24) is 4.98 Å². The number of hydrogen-bond donors (Lipinski definition) is 1. The van der Waals surface area contributed by atoms with Crippen LogP contribution in [0.4, 0.5) is 0 Å². The molecule has 0 bridgehead atoms. The number of para-hydroxylation sites is 1. The Kier molecular flexibility index (Phi) is 4.95. The molecule has 0 saturated carbocycles. The molecular weight excluding hydrogens is 318 g/mol. The van der Waals surface area contributed by atoms with Crippen molar-refractivity contribution in [2.45, 2.75) is 25.7 Å². The van der Waals surface area contributed by atoms with E-state index in [1.54, 1.807) is 24.3 Å². The molecule has 0 spiro atoms. The first-order chi connectivity index (χ1) is 10.3. The average molecular weight is 335 g/mol. The molecule has 0 unspecified atom stereocenters. The summed E-state index contributed by atoms with van der Waals surface area (Å²) < 4.78 is 31.3. The number of hydrogen-bond acceptors (Lipinski definition) is 4. The largest absolute Gasteiger partial charge is 0.294 e. The number of thiazole rings is 1. The van der Waals surface area contributed by atoms with Crippen molar-refractivity contribution < 1.29 is 13.0 Å². The molecule has 116 valence electrons. The molecule has 1 N–H and O–H groups in total. The molecule has 0 aliphatic rings. The van der Waals surface area contributed by atoms with Gasteiger partial charge in [0.05, 0.1) is 20.1 Å². The average Bonchev–Trinajstić information content (AvgIpc) is 2.81. The predicted molar refractivity (Wildman–Crippen MR) is 90.1 cm³/mol. The molecule has 0 aliphatic carbocycles. The minimum Gasteiger partial charge on any atom is -0.282 e. The first-order valence-corrected chi connectivity index (χ1v) is 8.90. The van der Waals surface area contributed by atoms with E-state index < -0.39 is 10.1 Å². The number of fused-ring (bicyclic) bond motifs is 1. The SMILES string of the molecule is Cc1ccc(S(=O)(=O)O)cc1C.Cc1nc2ccccc2s1. The second kappa shape index (κ2) is 6.56. The fraction of sp³-hybridized carbons (Fsp3) is 0.188. The Bertz CT molecular complexity index is 866. The van der Waals surface area contributed by atoms with E-state index in [4.69, 9.17) is 4.55 Å². The minimum absolute atomic E-state index is 0.0504. The lowest BCUT2D eigenvalue weighted by atomic mass is 10.1. The molecule has 22 heavy (non-hydrogen) atoms. The van der Waals surface area contributed by atoms with Gasteiger partial charge in [0, 0.05) is 0 Å². The van der Waals surface area contributed by atoms with Gasteiger partial charge in [-0.3, -0.25) is 4.55 Å². The van der Waals surface area contributed by atoms with Crippen LogP contribution in [0.25, 0.3) is 10.2 Å². The van der Waals surface area contributed by atoms with Gasteiger partial charge in [-0.15, -0.1) is 11.3 Å². The Morgan fingerprint density at radius 1 is 1.00 bits per heavy atom. The topological polar surface area (TPSA) is 67.3 Å². The van der Waals surface area contributed by atoms with Gasteiger partial charge in [-0.1, -0.05) is 18.2 Å². The van der Waals surface area contributed by atoms with Gasteiger partial charge < -0.3 is 0 Å². The van der Waals surface area contributed by atoms with Crippen LogP contribution >= 0.6 is 11.3 Å². The quantitative estimate of drug-likeness (QED) is 0.678. The molecule has 0 amide bonds. The van der Waals surface area contributed by atoms with Crippen molar-refractivity contribution in [2.24, 2.45) is 0 Å². The number of rotatable bonds is 1. The van der Waals surface area contributed by atoms with Gasteiger partial charge in [-0.05, 0) is 56.2 Å². The zero-order valence-electron chi connectivity index (χ0n) is 12.6. The summed E-state index contributed by atoms with van der Waals surface area (Å²) >= 11 is 1.74. The Morgan fingerprint density at radius 2 is 1.68 bits per heavy atom. The molecule has 4 nitrogen and oxygen atoms in total. The van der Waals surface area contributed by atoms with E-state index in [1.807, 2.05) is 32.0 Å². The first-order valence-electron chi connectivity index (χ1n) is 6.64. The van der Waals surface area contributed by atoms with Gasteiger partial charge in [-0.25, -0.2) is 4.98 Å². The van der Waals surface area contributed by atoms with Crippen LogP contribution in [-0.4, -0.2) is 18.0 Å². The van der Waals surface area contributed by atoms with Crippen LogP contribution in [0, 0.1) is 20.8 Å². The standard InChI is InChI=1S/C8H7NS.C8H10O3S/c1-6-9-7-4-2-3-5-8(7)10-6;1-6-3-4-8(5-7(6)2)12(9,10)11/h2-5H,1H3;3-5H,1-2H3,(H,9,10,11). The van der Waals surface area contributed by atoms with Gasteiger partial charge in [0.25, 0.3) is 10.1 Å². The van der Waals surface area contributed by atoms with E-state index in [9.17, 15) is 8.42 Å². The molecule has 6 heteroatoms. The summed E-state index contributed by atoms with van der Waals surface area (Å²) in [6.07, 6.45) is 0. The Balaban J connectivity index is 0.000000162. The number of nitrogens with zero attached hydrogens (tertiary/aromatic N) is 1. The summed E-state index contributed by atoms with van der Waals surface area (Å²) in [5.74, 6) is 0. The lowest BCUT2D eigenvalue weighted by Crippen LogP contribution is -1.98. The third-order valence-electron chi connectivity index (χ3n) is 3.18. The Morgan fingerprint density at radius 3 is 2.27 bits per heavy atom. The second-order valence-corrected chi connectivity index (χ2v) is 7.58. The predicted octanol–water partition coefficient (Wildman–Crippen LogP) is 4.15. The molecule has 0 radical (unpaired) electrons. The maximum absolute atomic E-state index is 10.7. The first kappa shape index (κ1) is 16.6. The minimum atomic E-state index is -4.04. The van der Waals surface area contributed by atoms with Gasteiger partial charge >= 0.3 is 0 Å². The number of benzene rings is 2. The maximum atomic E-state index is 10.7. The van der Waals surface area contributed by atoms with Crippen molar-refractivity contribution in [3.8, 4) is 0 Å². The maximum Gasteiger partial charge on any atom is 0.294 e. The monoisotopic (exact) mass is 335 g/mol. The summed E-state index contributed by atoms with van der Waals surface area (Å²) in [6.45, 7) is 5.71. The van der Waals surface area contributed by atoms with Crippen molar-refractivity contribution >= 4 is 31.7 Å². The van der Waals surface area contributed by atoms with Crippen molar-refractivity contribution in [3.63, 3.8) is 0 Å². The molecule has 0 saturated heterocycles. The van der Waals surface area contributed by atoms with Crippen LogP contribution in [0.2, 0.25) is 0 Å². The molecule has 0 fully saturated rings. The second-order valence-electron chi connectivity index (χ2n) is 4.92. The fourth-order valence-corrected chi connectivity index (χ4v) is 3.25. The van der Waals surface area contributed by atoms with Gasteiger partial charge in [-0.2, -0.15) is 8.42 Å². The highest BCUT2D eigenvalue weighted by Crippen LogP contribution is 2.20. The third kappa shape index (κ3) is 4.13. The molecule has 1 aromatic heterocycles. The van der Waals surface area contributed by atoms with E-state index in [1.165, 1.54) is 16.8 Å². The molecule has 1 heterocycles. The van der Waals surface area contributed by atoms with E-state index >= 15 is 0 Å². The molecule has 3 aromatic rings. The van der Waals surface area contributed by atoms with Crippen molar-refractivity contribution in [2.75, 3.05) is 0 Å². The van der Waals surface area contributed by atoms with E-state index in [-0.39, 0.29) is 4.90 Å². The number of aromatic nitrogens is 1. The summed E-state index contributed by atoms with van der Waals surface area (Å²) in [4.78, 5) is 4.28. The summed E-state index contributed by atoms with van der Waals surface area (Å²) in [7, 11) is -4.04. The fourth-order valence-electron chi connectivity index (χ4n) is 1.86. The van der Waals surface area contributed by atoms with Crippen LogP contribution in [0.1, 0.15) is 16.1 Å². The summed E-state index contributed by atoms with van der Waals surface area (Å²) in [5.41, 5.74) is 2.97. The zero-order valence-corrected chi connectivity index (χ0v) is 14.2. The summed E-state index contributed by atoms with van der Waals surface area (Å²) in [5, 5.41) is 1.14. The molecule has 3 rings (SSSR count). The highest BCUT2D eigenvalue weighted by atomic mass is 32.2. The lowest BCUT2D eigenvalue weighted by Gasteiger charge is -2.01. The summed E-state index contributed by atoms with van der Waals surface area (Å²) in [6, 6.07) is 12.7. The van der Waals surface area contributed by atoms with Gasteiger partial charge in [0.15, 0.2) is 0 Å². The normalized spacial score (nSPS) is 11.1. The Labute approximate surface area is 134 Å². The van der Waals surface area contributed by atoms with Crippen LogP contribution in [-0.2, 0) is 10.1 Å². The Hall–Kier alpha value is -1.76. The van der Waals surface area contributed by atoms with E-state index in [0.717, 1.165) is 21.7 Å². The van der Waals surface area contributed by atoms with Crippen LogP contribution in [0.5, 0.6) is 0 Å². The highest BCUT2D eigenvalue weighted by molar-refractivity contribution is 7.85. The molecular formula is C16H17NO3S2. The van der Waals surface area contributed by atoms with E-state index in [0.29, 0.717) is 0 Å². The smallest absolute Gasteiger partial charge is 0.282 e. The molecule has 2 aromatic carbocycles.